The fourth-order valence-electron chi connectivity index (χ4n) is 4.13. The Labute approximate surface area is 228 Å². The van der Waals surface area contributed by atoms with Crippen LogP contribution in [0.15, 0.2) is 90.1 Å². The molecule has 39 heavy (non-hydrogen) atoms. The lowest BCUT2D eigenvalue weighted by Crippen LogP contribution is -2.23. The number of allylic oxidation sites excluding steroid dienone is 1. The number of hydrogen-bond donors (Lipinski definition) is 1. The molecule has 3 aromatic carbocycles. The fraction of sp³-hybridized carbons (Fsp3) is 0.156. The van der Waals surface area contributed by atoms with Crippen LogP contribution in [0, 0.1) is 18.6 Å². The zero-order chi connectivity index (χ0) is 27.8. The van der Waals surface area contributed by atoms with Crippen molar-refractivity contribution in [1.82, 2.24) is 10.3 Å². The second-order valence-corrected chi connectivity index (χ2v) is 8.60. The number of carbonyl (C=O) groups excluding carboxylic acids is 1. The number of aromatic nitrogens is 1. The molecule has 5 rings (SSSR count). The summed E-state index contributed by atoms with van der Waals surface area (Å²) in [7, 11) is 0. The maximum absolute atomic E-state index is 13.4. The number of hydrogen-bond acceptors (Lipinski definition) is 4. The predicted octanol–water partition coefficient (Wildman–Crippen LogP) is 7.80. The van der Waals surface area contributed by atoms with Crippen molar-refractivity contribution >= 4 is 17.7 Å². The molecule has 1 amide bonds. The Morgan fingerprint density at radius 1 is 0.974 bits per heavy atom. The van der Waals surface area contributed by atoms with Crippen LogP contribution in [0.4, 0.5) is 8.78 Å². The molecule has 0 radical (unpaired) electrons. The molecule has 1 aromatic heterocycles. The van der Waals surface area contributed by atoms with Gasteiger partial charge in [0.15, 0.2) is 0 Å². The van der Waals surface area contributed by atoms with Crippen molar-refractivity contribution in [3.8, 4) is 22.8 Å². The summed E-state index contributed by atoms with van der Waals surface area (Å²) >= 11 is 0. The fourth-order valence-corrected chi connectivity index (χ4v) is 4.13. The Balaban J connectivity index is 0.00000144. The van der Waals surface area contributed by atoms with Gasteiger partial charge in [-0.1, -0.05) is 44.2 Å². The van der Waals surface area contributed by atoms with Crippen LogP contribution in [0.1, 0.15) is 42.3 Å². The van der Waals surface area contributed by atoms with Crippen molar-refractivity contribution in [3.05, 3.63) is 119 Å². The van der Waals surface area contributed by atoms with E-state index in [-0.39, 0.29) is 13.9 Å². The number of aliphatic imine (C=N–C) groups is 1. The van der Waals surface area contributed by atoms with Gasteiger partial charge in [0.05, 0.1) is 12.2 Å². The maximum Gasteiger partial charge on any atom is 0.251 e. The Hall–Kier alpha value is -4.65. The molecule has 7 heteroatoms. The summed E-state index contributed by atoms with van der Waals surface area (Å²) in [6.07, 6.45) is 5.63. The summed E-state index contributed by atoms with van der Waals surface area (Å²) in [5, 5.41) is 2.71. The molecule has 1 aliphatic rings. The first-order valence-corrected chi connectivity index (χ1v) is 12.7. The molecule has 0 bridgehead atoms. The molecule has 0 atom stereocenters. The van der Waals surface area contributed by atoms with Crippen LogP contribution in [-0.2, 0) is 6.54 Å². The lowest BCUT2D eigenvalue weighted by atomic mass is 10.0. The van der Waals surface area contributed by atoms with Gasteiger partial charge in [0.1, 0.15) is 23.1 Å². The van der Waals surface area contributed by atoms with E-state index < -0.39 is 11.6 Å². The van der Waals surface area contributed by atoms with Gasteiger partial charge in [-0.15, -0.1) is 0 Å². The number of carbonyl (C=O) groups is 1. The topological polar surface area (TPSA) is 63.6 Å². The number of amides is 1. The van der Waals surface area contributed by atoms with Gasteiger partial charge in [-0.2, -0.15) is 0 Å². The number of rotatable bonds is 7. The number of benzene rings is 3. The molecular weight excluding hydrogens is 496 g/mol. The number of halogens is 2. The van der Waals surface area contributed by atoms with Crippen molar-refractivity contribution in [2.45, 2.75) is 27.3 Å². The van der Waals surface area contributed by atoms with Crippen LogP contribution in [0.5, 0.6) is 11.5 Å². The summed E-state index contributed by atoms with van der Waals surface area (Å²) in [5.41, 5.74) is 5.23. The highest BCUT2D eigenvalue weighted by molar-refractivity contribution is 6.11. The second-order valence-electron chi connectivity index (χ2n) is 8.60. The lowest BCUT2D eigenvalue weighted by molar-refractivity contribution is 0.0949. The largest absolute Gasteiger partial charge is 0.457 e. The lowest BCUT2D eigenvalue weighted by Gasteiger charge is -2.13. The standard InChI is InChI=1S/C30H23F2N3O2.C2H6.H2/c1-19-27(30(36)35-17-20-12-24(31)15-25(32)13-20)6-3-7-29(19)37-26-9-11-34-28(16-26)22-5-2-4-21(14-22)23-8-10-33-18-23;1-2;/h2-9,11-16,18H,10,17H2,1H3,(H,35,36);1-2H3;1H. The Morgan fingerprint density at radius 2 is 1.72 bits per heavy atom. The quantitative estimate of drug-likeness (QED) is 0.267. The van der Waals surface area contributed by atoms with Crippen molar-refractivity contribution in [1.29, 1.82) is 0 Å². The van der Waals surface area contributed by atoms with E-state index in [1.807, 2.05) is 44.3 Å². The SMILES string of the molecule is CC.Cc1c(Oc2ccnc(-c3cccc(C4=CCN=C4)c3)c2)cccc1C(=O)NCc1cc(F)cc(F)c1.[HH]. The highest BCUT2D eigenvalue weighted by Gasteiger charge is 2.14. The molecule has 0 saturated heterocycles. The zero-order valence-electron chi connectivity index (χ0n) is 22.0. The first-order valence-electron chi connectivity index (χ1n) is 12.7. The van der Waals surface area contributed by atoms with E-state index in [1.54, 1.807) is 37.4 Å². The van der Waals surface area contributed by atoms with Gasteiger partial charge in [-0.3, -0.25) is 14.8 Å². The zero-order valence-corrected chi connectivity index (χ0v) is 22.0. The van der Waals surface area contributed by atoms with Gasteiger partial charge in [0.2, 0.25) is 0 Å². The highest BCUT2D eigenvalue weighted by Crippen LogP contribution is 2.30. The number of ether oxygens (including phenoxy) is 1. The third kappa shape index (κ3) is 6.82. The van der Waals surface area contributed by atoms with E-state index in [0.29, 0.717) is 34.7 Å². The third-order valence-electron chi connectivity index (χ3n) is 6.00. The van der Waals surface area contributed by atoms with Gasteiger partial charge in [-0.05, 0) is 60.0 Å². The number of pyridine rings is 1. The molecule has 0 spiro atoms. The van der Waals surface area contributed by atoms with Crippen molar-refractivity contribution < 1.29 is 19.7 Å². The number of nitrogens with zero attached hydrogens (tertiary/aromatic N) is 2. The minimum atomic E-state index is -0.691. The maximum atomic E-state index is 13.4. The molecule has 1 N–H and O–H groups in total. The van der Waals surface area contributed by atoms with E-state index >= 15 is 0 Å². The molecule has 0 unspecified atom stereocenters. The first kappa shape index (κ1) is 27.4. The van der Waals surface area contributed by atoms with Gasteiger partial charge in [0.25, 0.3) is 5.91 Å². The van der Waals surface area contributed by atoms with E-state index in [0.717, 1.165) is 28.5 Å². The van der Waals surface area contributed by atoms with Gasteiger partial charge >= 0.3 is 0 Å². The Kier molecular flexibility index (Phi) is 8.94. The number of nitrogens with one attached hydrogen (secondary N) is 1. The minimum Gasteiger partial charge on any atom is -0.457 e. The van der Waals surface area contributed by atoms with Crippen LogP contribution in [0.3, 0.4) is 0 Å². The third-order valence-corrected chi connectivity index (χ3v) is 6.00. The predicted molar refractivity (Wildman–Crippen MR) is 153 cm³/mol. The summed E-state index contributed by atoms with van der Waals surface area (Å²) in [6.45, 7) is 6.48. The van der Waals surface area contributed by atoms with Crippen LogP contribution in [-0.4, -0.2) is 23.7 Å². The second kappa shape index (κ2) is 12.7. The van der Waals surface area contributed by atoms with E-state index in [2.05, 4.69) is 27.4 Å². The summed E-state index contributed by atoms with van der Waals surface area (Å²) < 4.78 is 33.0. The van der Waals surface area contributed by atoms with Gasteiger partial charge < -0.3 is 10.1 Å². The molecule has 5 nitrogen and oxygen atoms in total. The van der Waals surface area contributed by atoms with Gasteiger partial charge in [-0.25, -0.2) is 8.78 Å². The summed E-state index contributed by atoms with van der Waals surface area (Å²) in [6, 6.07) is 20.0. The Bertz CT molecular complexity index is 1530. The molecule has 1 aliphatic heterocycles. The first-order chi connectivity index (χ1) is 19.0. The van der Waals surface area contributed by atoms with E-state index in [9.17, 15) is 13.6 Å². The molecule has 0 saturated carbocycles. The summed E-state index contributed by atoms with van der Waals surface area (Å²) in [5.74, 6) is -0.660. The van der Waals surface area contributed by atoms with Crippen molar-refractivity contribution in [2.24, 2.45) is 4.99 Å². The van der Waals surface area contributed by atoms with Crippen molar-refractivity contribution in [3.63, 3.8) is 0 Å². The van der Waals surface area contributed by atoms with E-state index in [1.165, 1.54) is 12.1 Å². The average molecular weight is 528 g/mol. The smallest absolute Gasteiger partial charge is 0.251 e. The normalized spacial score (nSPS) is 11.9. The van der Waals surface area contributed by atoms with Gasteiger partial charge in [0, 0.05) is 49.2 Å². The molecule has 0 aliphatic carbocycles. The van der Waals surface area contributed by atoms with Crippen molar-refractivity contribution in [2.75, 3.05) is 6.54 Å². The van der Waals surface area contributed by atoms with Crippen LogP contribution < -0.4 is 10.1 Å². The highest BCUT2D eigenvalue weighted by atomic mass is 19.1. The molecule has 2 heterocycles. The molecular formula is C32H31F2N3O2. The average Bonchev–Trinajstić information content (AvgIpc) is 3.49. The Morgan fingerprint density at radius 3 is 2.46 bits per heavy atom. The summed E-state index contributed by atoms with van der Waals surface area (Å²) in [4.78, 5) is 21.6. The monoisotopic (exact) mass is 527 g/mol. The van der Waals surface area contributed by atoms with Crippen LogP contribution in [0.25, 0.3) is 16.8 Å². The molecule has 200 valence electrons. The van der Waals surface area contributed by atoms with Crippen LogP contribution >= 0.6 is 0 Å². The minimum absolute atomic E-state index is 0. The molecule has 4 aromatic rings. The molecule has 0 fully saturated rings. The van der Waals surface area contributed by atoms with E-state index in [4.69, 9.17) is 4.74 Å². The van der Waals surface area contributed by atoms with Crippen LogP contribution in [0.2, 0.25) is 0 Å².